The van der Waals surface area contributed by atoms with Gasteiger partial charge in [0.25, 0.3) is 5.91 Å². The monoisotopic (exact) mass is 332 g/mol. The molecule has 2 aromatic rings. The number of hydrogen-bond donors (Lipinski definition) is 2. The number of aromatic amines is 1. The zero-order valence-electron chi connectivity index (χ0n) is 12.6. The quantitative estimate of drug-likeness (QED) is 0.837. The number of hydrogen-bond acceptors (Lipinski definition) is 4. The first kappa shape index (κ1) is 14.5. The molecule has 0 aromatic carbocycles. The topological polar surface area (TPSA) is 93.8 Å². The van der Waals surface area contributed by atoms with E-state index in [1.165, 1.54) is 4.68 Å². The SMILES string of the molecule is Nc1c2c(nn1C(=O)C1CCCc3[nH]c(Cl)cc31)CCC(=O)C2. The number of carbonyl (C=O) groups excluding carboxylic acids is 2. The summed E-state index contributed by atoms with van der Waals surface area (Å²) < 4.78 is 1.30. The summed E-state index contributed by atoms with van der Waals surface area (Å²) in [6.07, 6.45) is 3.87. The van der Waals surface area contributed by atoms with Crippen molar-refractivity contribution in [1.82, 2.24) is 14.8 Å². The Bertz CT molecular complexity index is 820. The highest BCUT2D eigenvalue weighted by atomic mass is 35.5. The van der Waals surface area contributed by atoms with Crippen molar-refractivity contribution in [2.24, 2.45) is 0 Å². The molecule has 0 amide bonds. The molecule has 6 nitrogen and oxygen atoms in total. The van der Waals surface area contributed by atoms with E-state index in [-0.39, 0.29) is 24.0 Å². The molecule has 120 valence electrons. The Kier molecular flexibility index (Phi) is 3.30. The number of fused-ring (bicyclic) bond motifs is 2. The van der Waals surface area contributed by atoms with E-state index < -0.39 is 0 Å². The maximum atomic E-state index is 13.0. The molecule has 23 heavy (non-hydrogen) atoms. The number of nitrogens with one attached hydrogen (secondary N) is 1. The summed E-state index contributed by atoms with van der Waals surface area (Å²) in [4.78, 5) is 27.7. The van der Waals surface area contributed by atoms with E-state index in [4.69, 9.17) is 17.3 Å². The first-order chi connectivity index (χ1) is 11.0. The van der Waals surface area contributed by atoms with Crippen LogP contribution in [0.5, 0.6) is 0 Å². The Hall–Kier alpha value is -2.08. The number of nitrogen functional groups attached to an aromatic ring is 1. The summed E-state index contributed by atoms with van der Waals surface area (Å²) in [5.41, 5.74) is 9.57. The Morgan fingerprint density at radius 2 is 2.22 bits per heavy atom. The van der Waals surface area contributed by atoms with Crippen LogP contribution in [0.15, 0.2) is 6.07 Å². The Labute approximate surface area is 138 Å². The van der Waals surface area contributed by atoms with Crippen LogP contribution in [-0.4, -0.2) is 26.5 Å². The number of nitrogens with two attached hydrogens (primary N) is 1. The zero-order valence-corrected chi connectivity index (χ0v) is 13.3. The molecule has 2 aliphatic rings. The fourth-order valence-electron chi connectivity index (χ4n) is 3.65. The summed E-state index contributed by atoms with van der Waals surface area (Å²) in [6.45, 7) is 0. The Balaban J connectivity index is 1.72. The lowest BCUT2D eigenvalue weighted by Gasteiger charge is -2.21. The number of ketones is 1. The molecule has 0 bridgehead atoms. The molecule has 2 heterocycles. The summed E-state index contributed by atoms with van der Waals surface area (Å²) in [7, 11) is 0. The van der Waals surface area contributed by atoms with Gasteiger partial charge in [0.2, 0.25) is 0 Å². The van der Waals surface area contributed by atoms with E-state index in [1.54, 1.807) is 0 Å². The standard InChI is InChI=1S/C16H17ClN4O2/c17-14-7-10-9(2-1-3-12(10)19-14)16(23)21-15(18)11-6-8(22)4-5-13(11)20-21/h7,9,19H,1-6,18H2. The molecule has 0 spiro atoms. The van der Waals surface area contributed by atoms with Crippen LogP contribution < -0.4 is 5.73 Å². The van der Waals surface area contributed by atoms with Crippen molar-refractivity contribution in [3.8, 4) is 0 Å². The second kappa shape index (κ2) is 5.23. The summed E-state index contributed by atoms with van der Waals surface area (Å²) in [6, 6.07) is 1.82. The molecular formula is C16H17ClN4O2. The van der Waals surface area contributed by atoms with E-state index >= 15 is 0 Å². The molecule has 0 saturated heterocycles. The highest BCUT2D eigenvalue weighted by molar-refractivity contribution is 6.29. The number of aromatic nitrogens is 3. The van der Waals surface area contributed by atoms with Crippen LogP contribution in [0.1, 0.15) is 52.5 Å². The lowest BCUT2D eigenvalue weighted by Crippen LogP contribution is -2.25. The van der Waals surface area contributed by atoms with Crippen LogP contribution in [-0.2, 0) is 24.1 Å². The van der Waals surface area contributed by atoms with Crippen molar-refractivity contribution < 1.29 is 9.59 Å². The van der Waals surface area contributed by atoms with Gasteiger partial charge in [-0.3, -0.25) is 9.59 Å². The highest BCUT2D eigenvalue weighted by Crippen LogP contribution is 2.35. The molecule has 2 aliphatic carbocycles. The molecular weight excluding hydrogens is 316 g/mol. The van der Waals surface area contributed by atoms with Gasteiger partial charge < -0.3 is 10.7 Å². The van der Waals surface area contributed by atoms with E-state index in [1.807, 2.05) is 6.07 Å². The van der Waals surface area contributed by atoms with E-state index in [9.17, 15) is 9.59 Å². The van der Waals surface area contributed by atoms with Gasteiger partial charge in [0, 0.05) is 24.1 Å². The number of rotatable bonds is 1. The maximum Gasteiger partial charge on any atom is 0.256 e. The molecule has 4 rings (SSSR count). The van der Waals surface area contributed by atoms with Crippen LogP contribution in [0.3, 0.4) is 0 Å². The lowest BCUT2D eigenvalue weighted by atomic mass is 9.86. The lowest BCUT2D eigenvalue weighted by molar-refractivity contribution is -0.118. The maximum absolute atomic E-state index is 13.0. The molecule has 7 heteroatoms. The number of Topliss-reactive ketones (excluding diaryl/α,β-unsaturated/α-hetero) is 1. The fraction of sp³-hybridized carbons (Fsp3) is 0.438. The highest BCUT2D eigenvalue weighted by Gasteiger charge is 2.33. The molecule has 0 radical (unpaired) electrons. The zero-order chi connectivity index (χ0) is 16.1. The van der Waals surface area contributed by atoms with Crippen molar-refractivity contribution >= 4 is 29.1 Å². The first-order valence-corrected chi connectivity index (χ1v) is 8.22. The van der Waals surface area contributed by atoms with Crippen LogP contribution in [0.25, 0.3) is 0 Å². The van der Waals surface area contributed by atoms with Gasteiger partial charge >= 0.3 is 0 Å². The van der Waals surface area contributed by atoms with Gasteiger partial charge in [-0.1, -0.05) is 11.6 Å². The average Bonchev–Trinajstić information content (AvgIpc) is 3.06. The summed E-state index contributed by atoms with van der Waals surface area (Å²) in [5, 5.41) is 4.94. The largest absolute Gasteiger partial charge is 0.383 e. The van der Waals surface area contributed by atoms with Crippen molar-refractivity contribution in [2.45, 2.75) is 44.4 Å². The predicted octanol–water partition coefficient (Wildman–Crippen LogP) is 2.26. The van der Waals surface area contributed by atoms with Crippen LogP contribution in [0.2, 0.25) is 5.15 Å². The van der Waals surface area contributed by atoms with Crippen molar-refractivity contribution in [1.29, 1.82) is 0 Å². The number of H-pyrrole nitrogens is 1. The van der Waals surface area contributed by atoms with Gasteiger partial charge in [0.05, 0.1) is 11.6 Å². The third kappa shape index (κ3) is 2.28. The normalized spacial score (nSPS) is 20.2. The van der Waals surface area contributed by atoms with Gasteiger partial charge in [-0.05, 0) is 37.3 Å². The summed E-state index contributed by atoms with van der Waals surface area (Å²) in [5.74, 6) is 0.0307. The minimum absolute atomic E-state index is 0.138. The minimum Gasteiger partial charge on any atom is -0.383 e. The van der Waals surface area contributed by atoms with Crippen molar-refractivity contribution in [3.05, 3.63) is 33.7 Å². The second-order valence-electron chi connectivity index (χ2n) is 6.27. The molecule has 2 aromatic heterocycles. The van der Waals surface area contributed by atoms with Gasteiger partial charge in [-0.2, -0.15) is 9.78 Å². The van der Waals surface area contributed by atoms with Crippen molar-refractivity contribution in [3.63, 3.8) is 0 Å². The van der Waals surface area contributed by atoms with E-state index in [0.29, 0.717) is 23.8 Å². The number of halogens is 1. The van der Waals surface area contributed by atoms with E-state index in [2.05, 4.69) is 10.1 Å². The number of aryl methyl sites for hydroxylation is 2. The van der Waals surface area contributed by atoms with Crippen molar-refractivity contribution in [2.75, 3.05) is 5.73 Å². The first-order valence-electron chi connectivity index (χ1n) is 7.84. The molecule has 0 fully saturated rings. The number of carbonyl (C=O) groups is 2. The van der Waals surface area contributed by atoms with Crippen LogP contribution in [0.4, 0.5) is 5.82 Å². The van der Waals surface area contributed by atoms with Crippen LogP contribution >= 0.6 is 11.6 Å². The van der Waals surface area contributed by atoms with Gasteiger partial charge in [0.1, 0.15) is 16.8 Å². The third-order valence-electron chi connectivity index (χ3n) is 4.82. The van der Waals surface area contributed by atoms with Gasteiger partial charge in [-0.25, -0.2) is 0 Å². The fourth-order valence-corrected chi connectivity index (χ4v) is 3.88. The number of nitrogens with zero attached hydrogens (tertiary/aromatic N) is 2. The Morgan fingerprint density at radius 3 is 3.04 bits per heavy atom. The molecule has 1 atom stereocenters. The number of anilines is 1. The molecule has 0 aliphatic heterocycles. The second-order valence-corrected chi connectivity index (χ2v) is 6.68. The molecule has 0 saturated carbocycles. The third-order valence-corrected chi connectivity index (χ3v) is 5.03. The minimum atomic E-state index is -0.290. The molecule has 1 unspecified atom stereocenters. The smallest absolute Gasteiger partial charge is 0.256 e. The molecule has 3 N–H and O–H groups in total. The summed E-state index contributed by atoms with van der Waals surface area (Å²) >= 11 is 6.05. The predicted molar refractivity (Wildman–Crippen MR) is 85.8 cm³/mol. The average molecular weight is 333 g/mol. The van der Waals surface area contributed by atoms with E-state index in [0.717, 1.165) is 41.8 Å². The Morgan fingerprint density at radius 1 is 1.39 bits per heavy atom. The van der Waals surface area contributed by atoms with Crippen LogP contribution in [0, 0.1) is 0 Å². The van der Waals surface area contributed by atoms with Gasteiger partial charge in [-0.15, -0.1) is 0 Å². The van der Waals surface area contributed by atoms with Gasteiger partial charge in [0.15, 0.2) is 0 Å².